The lowest BCUT2D eigenvalue weighted by molar-refractivity contribution is 0.630. The molecule has 0 amide bonds. The highest BCUT2D eigenvalue weighted by Gasteiger charge is 2.12. The van der Waals surface area contributed by atoms with Crippen LogP contribution in [-0.2, 0) is 6.42 Å². The third kappa shape index (κ3) is 2.22. The van der Waals surface area contributed by atoms with Crippen molar-refractivity contribution in [3.05, 3.63) is 52.0 Å². The summed E-state index contributed by atoms with van der Waals surface area (Å²) in [5.41, 5.74) is 3.91. The molecule has 0 atom stereocenters. The lowest BCUT2D eigenvalue weighted by Crippen LogP contribution is -1.97. The van der Waals surface area contributed by atoms with E-state index in [0.29, 0.717) is 15.7 Å². The van der Waals surface area contributed by atoms with Crippen LogP contribution in [0.1, 0.15) is 18.2 Å². The number of fused-ring (bicyclic) bond motifs is 1. The first-order chi connectivity index (χ1) is 9.58. The number of halogens is 2. The van der Waals surface area contributed by atoms with E-state index in [-0.39, 0.29) is 5.82 Å². The summed E-state index contributed by atoms with van der Waals surface area (Å²) in [7, 11) is 0. The second kappa shape index (κ2) is 4.98. The molecule has 0 saturated heterocycles. The average molecular weight is 334 g/mol. The number of benzene rings is 1. The van der Waals surface area contributed by atoms with E-state index in [1.54, 1.807) is 16.8 Å². The third-order valence-electron chi connectivity index (χ3n) is 3.21. The van der Waals surface area contributed by atoms with E-state index in [4.69, 9.17) is 0 Å². The van der Waals surface area contributed by atoms with Crippen LogP contribution in [0.15, 0.2) is 34.9 Å². The van der Waals surface area contributed by atoms with E-state index < -0.39 is 0 Å². The monoisotopic (exact) mass is 333 g/mol. The molecule has 3 aromatic rings. The smallest absolute Gasteiger partial charge is 0.157 e. The molecule has 0 spiro atoms. The average Bonchev–Trinajstić information content (AvgIpc) is 2.80. The van der Waals surface area contributed by atoms with E-state index in [1.807, 2.05) is 19.1 Å². The van der Waals surface area contributed by atoms with Crippen molar-refractivity contribution in [2.45, 2.75) is 20.3 Å². The quantitative estimate of drug-likeness (QED) is 0.704. The van der Waals surface area contributed by atoms with Gasteiger partial charge >= 0.3 is 0 Å². The first-order valence-corrected chi connectivity index (χ1v) is 7.19. The summed E-state index contributed by atoms with van der Waals surface area (Å²) < 4.78 is 16.5. The first-order valence-electron chi connectivity index (χ1n) is 6.40. The summed E-state index contributed by atoms with van der Waals surface area (Å²) in [5, 5.41) is 4.40. The third-order valence-corrected chi connectivity index (χ3v) is 3.70. The zero-order valence-electron chi connectivity index (χ0n) is 11.2. The molecule has 20 heavy (non-hydrogen) atoms. The van der Waals surface area contributed by atoms with Gasteiger partial charge in [0, 0.05) is 10.0 Å². The van der Waals surface area contributed by atoms with Crippen molar-refractivity contribution < 1.29 is 4.39 Å². The van der Waals surface area contributed by atoms with E-state index >= 15 is 0 Å². The highest BCUT2D eigenvalue weighted by molar-refractivity contribution is 9.10. The molecule has 2 aromatic heterocycles. The van der Waals surface area contributed by atoms with Gasteiger partial charge < -0.3 is 0 Å². The van der Waals surface area contributed by atoms with E-state index in [2.05, 4.69) is 32.9 Å². The lowest BCUT2D eigenvalue weighted by atomic mass is 10.1. The van der Waals surface area contributed by atoms with Crippen LogP contribution in [0.4, 0.5) is 4.39 Å². The van der Waals surface area contributed by atoms with Crippen LogP contribution < -0.4 is 0 Å². The maximum absolute atomic E-state index is 14.0. The number of imidazole rings is 1. The van der Waals surface area contributed by atoms with Crippen LogP contribution in [0, 0.1) is 12.7 Å². The number of rotatable bonds is 2. The molecule has 0 bridgehead atoms. The first kappa shape index (κ1) is 13.2. The summed E-state index contributed by atoms with van der Waals surface area (Å²) >= 11 is 3.26. The highest BCUT2D eigenvalue weighted by atomic mass is 79.9. The van der Waals surface area contributed by atoms with Crippen molar-refractivity contribution in [3.8, 4) is 11.3 Å². The van der Waals surface area contributed by atoms with Gasteiger partial charge in [0.25, 0.3) is 0 Å². The summed E-state index contributed by atoms with van der Waals surface area (Å²) in [6, 6.07) is 6.99. The summed E-state index contributed by atoms with van der Waals surface area (Å²) in [6.45, 7) is 4.02. The minimum atomic E-state index is -0.294. The summed E-state index contributed by atoms with van der Waals surface area (Å²) in [6.07, 6.45) is 2.64. The van der Waals surface area contributed by atoms with Gasteiger partial charge in [-0.05, 0) is 43.2 Å². The maximum atomic E-state index is 14.0. The van der Waals surface area contributed by atoms with Crippen LogP contribution in [0.25, 0.3) is 16.9 Å². The zero-order chi connectivity index (χ0) is 14.3. The number of aryl methyl sites for hydroxylation is 2. The molecule has 5 heteroatoms. The summed E-state index contributed by atoms with van der Waals surface area (Å²) in [5.74, 6) is -0.294. The predicted molar refractivity (Wildman–Crippen MR) is 80.2 cm³/mol. The summed E-state index contributed by atoms with van der Waals surface area (Å²) in [4.78, 5) is 4.53. The van der Waals surface area contributed by atoms with Gasteiger partial charge in [-0.25, -0.2) is 13.9 Å². The fourth-order valence-corrected chi connectivity index (χ4v) is 2.60. The Labute approximate surface area is 124 Å². The van der Waals surface area contributed by atoms with Crippen molar-refractivity contribution in [2.24, 2.45) is 0 Å². The van der Waals surface area contributed by atoms with Gasteiger partial charge in [0.2, 0.25) is 0 Å². The number of nitrogens with zero attached hydrogens (tertiary/aromatic N) is 3. The van der Waals surface area contributed by atoms with E-state index in [9.17, 15) is 4.39 Å². The molecular weight excluding hydrogens is 321 g/mol. The van der Waals surface area contributed by atoms with Crippen molar-refractivity contribution in [1.29, 1.82) is 0 Å². The van der Waals surface area contributed by atoms with Crippen LogP contribution in [0.2, 0.25) is 0 Å². The Balaban J connectivity index is 2.22. The lowest BCUT2D eigenvalue weighted by Gasteiger charge is -2.00. The second-order valence-corrected chi connectivity index (χ2v) is 5.60. The van der Waals surface area contributed by atoms with E-state index in [0.717, 1.165) is 23.3 Å². The topological polar surface area (TPSA) is 30.2 Å². The van der Waals surface area contributed by atoms with Gasteiger partial charge in [0.15, 0.2) is 5.65 Å². The molecule has 0 aliphatic carbocycles. The molecule has 1 aromatic carbocycles. The van der Waals surface area contributed by atoms with Crippen LogP contribution in [0.3, 0.4) is 0 Å². The molecule has 3 nitrogen and oxygen atoms in total. The minimum Gasteiger partial charge on any atom is -0.227 e. The fourth-order valence-electron chi connectivity index (χ4n) is 2.27. The Morgan fingerprint density at radius 3 is 2.80 bits per heavy atom. The number of hydrogen-bond donors (Lipinski definition) is 0. The highest BCUT2D eigenvalue weighted by Crippen LogP contribution is 2.26. The number of hydrogen-bond acceptors (Lipinski definition) is 2. The normalized spacial score (nSPS) is 11.2. The molecular formula is C15H13BrFN3. The minimum absolute atomic E-state index is 0.294. The molecule has 2 heterocycles. The van der Waals surface area contributed by atoms with Crippen molar-refractivity contribution >= 4 is 21.6 Å². The largest absolute Gasteiger partial charge is 0.227 e. The molecule has 0 saturated carbocycles. The SMILES string of the molecule is CCc1cc(C)nn2cc(-c3ccc(Br)cc3F)nc12. The molecule has 3 rings (SSSR count). The number of aromatic nitrogens is 3. The van der Waals surface area contributed by atoms with Gasteiger partial charge in [-0.1, -0.05) is 22.9 Å². The van der Waals surface area contributed by atoms with E-state index in [1.165, 1.54) is 6.07 Å². The fraction of sp³-hybridized carbons (Fsp3) is 0.200. The molecule has 0 fully saturated rings. The van der Waals surface area contributed by atoms with Crippen molar-refractivity contribution in [2.75, 3.05) is 0 Å². The Morgan fingerprint density at radius 2 is 2.10 bits per heavy atom. The molecule has 0 N–H and O–H groups in total. The Hall–Kier alpha value is -1.75. The van der Waals surface area contributed by atoms with Gasteiger partial charge in [0.05, 0.1) is 17.6 Å². The molecule has 0 radical (unpaired) electrons. The Bertz CT molecular complexity index is 795. The van der Waals surface area contributed by atoms with Crippen LogP contribution >= 0.6 is 15.9 Å². The maximum Gasteiger partial charge on any atom is 0.157 e. The Kier molecular flexibility index (Phi) is 3.30. The molecule has 0 aliphatic heterocycles. The zero-order valence-corrected chi connectivity index (χ0v) is 12.8. The van der Waals surface area contributed by atoms with Crippen molar-refractivity contribution in [1.82, 2.24) is 14.6 Å². The van der Waals surface area contributed by atoms with Gasteiger partial charge in [-0.3, -0.25) is 0 Å². The van der Waals surface area contributed by atoms with Crippen LogP contribution in [-0.4, -0.2) is 14.6 Å². The standard InChI is InChI=1S/C15H13BrFN3/c1-3-10-6-9(2)19-20-8-14(18-15(10)20)12-5-4-11(16)7-13(12)17/h4-8H,3H2,1-2H3. The molecule has 0 unspecified atom stereocenters. The molecule has 0 aliphatic rings. The van der Waals surface area contributed by atoms with Gasteiger partial charge in [-0.15, -0.1) is 0 Å². The van der Waals surface area contributed by atoms with Crippen LogP contribution in [0.5, 0.6) is 0 Å². The molecule has 102 valence electrons. The van der Waals surface area contributed by atoms with Crippen molar-refractivity contribution in [3.63, 3.8) is 0 Å². The Morgan fingerprint density at radius 1 is 1.30 bits per heavy atom. The predicted octanol–water partition coefficient (Wildman–Crippen LogP) is 4.17. The van der Waals surface area contributed by atoms with Gasteiger partial charge in [-0.2, -0.15) is 5.10 Å². The van der Waals surface area contributed by atoms with Gasteiger partial charge in [0.1, 0.15) is 5.82 Å². The second-order valence-electron chi connectivity index (χ2n) is 4.68.